The smallest absolute Gasteiger partial charge is 0.304 e. The Labute approximate surface area is 140 Å². The molecule has 1 aliphatic rings. The van der Waals surface area contributed by atoms with Crippen LogP contribution in [0.4, 0.5) is 0 Å². The van der Waals surface area contributed by atoms with Crippen LogP contribution in [0.15, 0.2) is 0 Å². The third-order valence-electron chi connectivity index (χ3n) is 4.30. The van der Waals surface area contributed by atoms with Crippen molar-refractivity contribution in [3.63, 3.8) is 0 Å². The average molecular weight is 345 g/mol. The molecule has 1 saturated heterocycles. The summed E-state index contributed by atoms with van der Waals surface area (Å²) in [4.78, 5) is 32.9. The Hall–Kier alpha value is -1.71. The van der Waals surface area contributed by atoms with Gasteiger partial charge in [-0.25, -0.2) is 10.9 Å². The molecule has 1 rings (SSSR count). The van der Waals surface area contributed by atoms with Gasteiger partial charge >= 0.3 is 17.9 Å². The number of carbonyl (C=O) groups is 3. The second-order valence-electron chi connectivity index (χ2n) is 6.36. The van der Waals surface area contributed by atoms with Crippen LogP contribution in [-0.2, 0) is 14.4 Å². The second-order valence-corrected chi connectivity index (χ2v) is 6.36. The fourth-order valence-corrected chi connectivity index (χ4v) is 3.03. The fraction of sp³-hybridized carbons (Fsp3) is 0.800. The van der Waals surface area contributed by atoms with Gasteiger partial charge in [0.15, 0.2) is 0 Å². The summed E-state index contributed by atoms with van der Waals surface area (Å²) in [5, 5.41) is 27.0. The summed E-state index contributed by atoms with van der Waals surface area (Å²) in [5.41, 5.74) is 8.57. The van der Waals surface area contributed by atoms with E-state index in [4.69, 9.17) is 15.3 Å². The van der Waals surface area contributed by atoms with E-state index in [0.29, 0.717) is 38.6 Å². The molecule has 138 valence electrons. The van der Waals surface area contributed by atoms with E-state index in [9.17, 15) is 14.4 Å². The summed E-state index contributed by atoms with van der Waals surface area (Å²) in [7, 11) is 0. The minimum Gasteiger partial charge on any atom is -0.481 e. The number of rotatable bonds is 6. The predicted octanol–water partition coefficient (Wildman–Crippen LogP) is 0.574. The van der Waals surface area contributed by atoms with E-state index in [-0.39, 0.29) is 37.1 Å². The van der Waals surface area contributed by atoms with Gasteiger partial charge in [-0.15, -0.1) is 0 Å². The quantitative estimate of drug-likeness (QED) is 0.406. The number of carboxylic acids is 3. The van der Waals surface area contributed by atoms with E-state index in [1.54, 1.807) is 0 Å². The van der Waals surface area contributed by atoms with Crippen LogP contribution in [0.3, 0.4) is 0 Å². The lowest BCUT2D eigenvalue weighted by Crippen LogP contribution is -2.50. The molecule has 0 spiro atoms. The number of hydrogen-bond donors (Lipinski definition) is 6. The molecular weight excluding hydrogens is 318 g/mol. The molecule has 0 radical (unpaired) electrons. The van der Waals surface area contributed by atoms with Gasteiger partial charge in [-0.05, 0) is 43.9 Å². The summed E-state index contributed by atoms with van der Waals surface area (Å²) in [6.07, 6.45) is 3.07. The van der Waals surface area contributed by atoms with Gasteiger partial charge in [0, 0.05) is 25.4 Å². The Kier molecular flexibility index (Phi) is 9.28. The SMILES string of the molecule is O=C(O)CC1CCNNNC(CC(=O)O)CCC(CC(=O)O)CC1. The highest BCUT2D eigenvalue weighted by molar-refractivity contribution is 5.68. The van der Waals surface area contributed by atoms with Crippen LogP contribution in [0.25, 0.3) is 0 Å². The zero-order chi connectivity index (χ0) is 17.9. The second kappa shape index (κ2) is 11.0. The first kappa shape index (κ1) is 20.3. The van der Waals surface area contributed by atoms with Crippen molar-refractivity contribution < 1.29 is 29.7 Å². The van der Waals surface area contributed by atoms with Crippen molar-refractivity contribution in [3.8, 4) is 0 Å². The van der Waals surface area contributed by atoms with Gasteiger partial charge in [-0.1, -0.05) is 0 Å². The van der Waals surface area contributed by atoms with Crippen LogP contribution < -0.4 is 16.4 Å². The van der Waals surface area contributed by atoms with E-state index < -0.39 is 17.9 Å². The number of nitrogens with one attached hydrogen (secondary N) is 3. The van der Waals surface area contributed by atoms with Crippen LogP contribution in [0.1, 0.15) is 51.4 Å². The Morgan fingerprint density at radius 1 is 0.750 bits per heavy atom. The van der Waals surface area contributed by atoms with E-state index in [1.807, 2.05) is 0 Å². The predicted molar refractivity (Wildman–Crippen MR) is 84.9 cm³/mol. The molecule has 0 saturated carbocycles. The normalized spacial score (nSPS) is 26.8. The average Bonchev–Trinajstić information content (AvgIpc) is 2.45. The molecule has 1 fully saturated rings. The first-order valence-electron chi connectivity index (χ1n) is 8.25. The highest BCUT2D eigenvalue weighted by Crippen LogP contribution is 2.25. The van der Waals surface area contributed by atoms with Crippen molar-refractivity contribution in [3.05, 3.63) is 0 Å². The molecule has 3 unspecified atom stereocenters. The molecule has 0 aromatic heterocycles. The molecule has 1 aliphatic heterocycles. The molecule has 9 heteroatoms. The molecule has 3 atom stereocenters. The molecule has 1 heterocycles. The van der Waals surface area contributed by atoms with Gasteiger partial charge in [0.2, 0.25) is 0 Å². The van der Waals surface area contributed by atoms with Crippen LogP contribution in [0.2, 0.25) is 0 Å². The van der Waals surface area contributed by atoms with Crippen LogP contribution in [-0.4, -0.2) is 45.8 Å². The van der Waals surface area contributed by atoms with Crippen molar-refractivity contribution in [1.82, 2.24) is 16.4 Å². The molecule has 9 nitrogen and oxygen atoms in total. The lowest BCUT2D eigenvalue weighted by atomic mass is 9.86. The Morgan fingerprint density at radius 2 is 1.25 bits per heavy atom. The Bertz CT molecular complexity index is 401. The third kappa shape index (κ3) is 9.43. The monoisotopic (exact) mass is 345 g/mol. The maximum Gasteiger partial charge on any atom is 0.304 e. The summed E-state index contributed by atoms with van der Waals surface area (Å²) in [6.45, 7) is 0.536. The molecule has 24 heavy (non-hydrogen) atoms. The van der Waals surface area contributed by atoms with Crippen molar-refractivity contribution >= 4 is 17.9 Å². The zero-order valence-electron chi connectivity index (χ0n) is 13.7. The minimum atomic E-state index is -0.919. The van der Waals surface area contributed by atoms with Gasteiger partial charge < -0.3 is 15.3 Å². The molecule has 0 amide bonds. The van der Waals surface area contributed by atoms with Gasteiger partial charge in [0.05, 0.1) is 6.42 Å². The van der Waals surface area contributed by atoms with Gasteiger partial charge in [0.1, 0.15) is 0 Å². The maximum atomic E-state index is 11.0. The lowest BCUT2D eigenvalue weighted by Gasteiger charge is -2.25. The van der Waals surface area contributed by atoms with Crippen LogP contribution in [0, 0.1) is 11.8 Å². The molecule has 6 N–H and O–H groups in total. The zero-order valence-corrected chi connectivity index (χ0v) is 13.7. The topological polar surface area (TPSA) is 148 Å². The molecule has 0 aromatic carbocycles. The first-order valence-corrected chi connectivity index (χ1v) is 8.25. The Morgan fingerprint density at radius 3 is 1.79 bits per heavy atom. The highest BCUT2D eigenvalue weighted by atomic mass is 16.4. The molecule has 0 aliphatic carbocycles. The van der Waals surface area contributed by atoms with E-state index in [2.05, 4.69) is 16.4 Å². The molecule has 0 bridgehead atoms. The lowest BCUT2D eigenvalue weighted by molar-refractivity contribution is -0.139. The van der Waals surface area contributed by atoms with Crippen molar-refractivity contribution in [2.75, 3.05) is 6.54 Å². The largest absolute Gasteiger partial charge is 0.481 e. The van der Waals surface area contributed by atoms with E-state index in [0.717, 1.165) is 0 Å². The van der Waals surface area contributed by atoms with Gasteiger partial charge in [-0.2, -0.15) is 5.53 Å². The summed E-state index contributed by atoms with van der Waals surface area (Å²) >= 11 is 0. The van der Waals surface area contributed by atoms with Crippen molar-refractivity contribution in [2.45, 2.75) is 57.4 Å². The summed E-state index contributed by atoms with van der Waals surface area (Å²) in [6, 6.07) is -0.305. The van der Waals surface area contributed by atoms with E-state index >= 15 is 0 Å². The third-order valence-corrected chi connectivity index (χ3v) is 4.30. The number of hydrogen-bond acceptors (Lipinski definition) is 6. The fourth-order valence-electron chi connectivity index (χ4n) is 3.03. The van der Waals surface area contributed by atoms with Crippen molar-refractivity contribution in [2.24, 2.45) is 11.8 Å². The Balaban J connectivity index is 2.68. The standard InChI is InChI=1S/C15H27N3O6/c19-13(20)7-10-1-2-11(8-14(21)22)5-6-16-18-17-12(4-3-10)9-15(23)24/h10-12,16-18H,1-9H2,(H,19,20)(H,21,22)(H,23,24). The summed E-state index contributed by atoms with van der Waals surface area (Å²) in [5.74, 6) is -2.75. The van der Waals surface area contributed by atoms with Crippen molar-refractivity contribution in [1.29, 1.82) is 0 Å². The number of hydrazine groups is 2. The number of aliphatic carboxylic acids is 3. The highest BCUT2D eigenvalue weighted by Gasteiger charge is 2.21. The van der Waals surface area contributed by atoms with Crippen LogP contribution in [0.5, 0.6) is 0 Å². The van der Waals surface area contributed by atoms with E-state index in [1.165, 1.54) is 0 Å². The molecular formula is C15H27N3O6. The maximum absolute atomic E-state index is 11.0. The van der Waals surface area contributed by atoms with Crippen LogP contribution >= 0.6 is 0 Å². The molecule has 0 aromatic rings. The minimum absolute atomic E-state index is 0.0117. The van der Waals surface area contributed by atoms with Gasteiger partial charge in [-0.3, -0.25) is 14.4 Å². The number of carboxylic acid groups (broad SMARTS) is 3. The first-order chi connectivity index (χ1) is 11.4. The summed E-state index contributed by atoms with van der Waals surface area (Å²) < 4.78 is 0. The van der Waals surface area contributed by atoms with Gasteiger partial charge in [0.25, 0.3) is 0 Å².